The number of hydrogen-bond acceptors (Lipinski definition) is 3. The molecule has 0 spiro atoms. The van der Waals surface area contributed by atoms with Crippen LogP contribution in [0.15, 0.2) is 12.3 Å². The fourth-order valence-corrected chi connectivity index (χ4v) is 2.71. The lowest BCUT2D eigenvalue weighted by Gasteiger charge is -2.12. The molecule has 0 saturated carbocycles. The van der Waals surface area contributed by atoms with Crippen molar-refractivity contribution in [1.29, 1.82) is 0 Å². The molecule has 0 saturated heterocycles. The average molecular weight is 270 g/mol. The van der Waals surface area contributed by atoms with Crippen LogP contribution in [0.4, 0.5) is 0 Å². The van der Waals surface area contributed by atoms with Gasteiger partial charge in [-0.05, 0) is 18.9 Å². The maximum absolute atomic E-state index is 10.7. The number of aromatic nitrogens is 2. The maximum Gasteiger partial charge on any atom is 0.307 e. The smallest absolute Gasteiger partial charge is 0.307 e. The van der Waals surface area contributed by atoms with Crippen LogP contribution in [0, 0.1) is 5.92 Å². The summed E-state index contributed by atoms with van der Waals surface area (Å²) in [5.74, 6) is 0.388. The minimum absolute atomic E-state index is 0.295. The van der Waals surface area contributed by atoms with Crippen molar-refractivity contribution in [3.63, 3.8) is 0 Å². The summed E-state index contributed by atoms with van der Waals surface area (Å²) in [5.41, 5.74) is 1.03. The fraction of sp³-hybridized carbons (Fsp3) is 0.692. The van der Waals surface area contributed by atoms with Gasteiger partial charge in [0.1, 0.15) is 0 Å². The van der Waals surface area contributed by atoms with Crippen molar-refractivity contribution >= 4 is 17.7 Å². The molecule has 0 aliphatic carbocycles. The van der Waals surface area contributed by atoms with E-state index in [0.29, 0.717) is 11.8 Å². The zero-order chi connectivity index (χ0) is 13.5. The normalized spacial score (nSPS) is 12.9. The van der Waals surface area contributed by atoms with Gasteiger partial charge in [-0.15, -0.1) is 0 Å². The maximum atomic E-state index is 10.7. The molecule has 0 fully saturated rings. The van der Waals surface area contributed by atoms with E-state index in [1.165, 1.54) is 0 Å². The first kappa shape index (κ1) is 15.1. The van der Waals surface area contributed by atoms with Crippen LogP contribution < -0.4 is 0 Å². The van der Waals surface area contributed by atoms with Gasteiger partial charge in [-0.2, -0.15) is 16.9 Å². The second-order valence-corrected chi connectivity index (χ2v) is 5.54. The first-order valence-electron chi connectivity index (χ1n) is 6.43. The molecule has 0 aromatic carbocycles. The Morgan fingerprint density at radius 2 is 2.17 bits per heavy atom. The Hall–Kier alpha value is -0.970. The third-order valence-electron chi connectivity index (χ3n) is 3.02. The van der Waals surface area contributed by atoms with Crippen LogP contribution in [0.2, 0.25) is 0 Å². The minimum Gasteiger partial charge on any atom is -0.481 e. The molecule has 5 heteroatoms. The molecule has 1 rings (SSSR count). The first-order chi connectivity index (χ1) is 8.58. The minimum atomic E-state index is -0.731. The summed E-state index contributed by atoms with van der Waals surface area (Å²) < 4.78 is 2.02. The third-order valence-corrected chi connectivity index (χ3v) is 4.26. The largest absolute Gasteiger partial charge is 0.481 e. The molecular weight excluding hydrogens is 248 g/mol. The SMILES string of the molecule is CCC(CC)n1ccc(CSCC(C)C(=O)O)n1. The molecule has 0 aliphatic heterocycles. The van der Waals surface area contributed by atoms with Crippen molar-refractivity contribution in [2.24, 2.45) is 5.92 Å². The van der Waals surface area contributed by atoms with Crippen LogP contribution in [-0.4, -0.2) is 26.6 Å². The van der Waals surface area contributed by atoms with Crippen LogP contribution in [0.1, 0.15) is 45.3 Å². The highest BCUT2D eigenvalue weighted by molar-refractivity contribution is 7.98. The van der Waals surface area contributed by atoms with Gasteiger partial charge < -0.3 is 5.11 Å². The zero-order valence-electron chi connectivity index (χ0n) is 11.3. The molecule has 1 atom stereocenters. The molecule has 102 valence electrons. The number of carbonyl (C=O) groups is 1. The van der Waals surface area contributed by atoms with Gasteiger partial charge >= 0.3 is 5.97 Å². The summed E-state index contributed by atoms with van der Waals surface area (Å²) in [4.78, 5) is 10.7. The second-order valence-electron chi connectivity index (χ2n) is 4.51. The molecule has 1 heterocycles. The highest BCUT2D eigenvalue weighted by Crippen LogP contribution is 2.18. The van der Waals surface area contributed by atoms with Crippen molar-refractivity contribution in [2.45, 2.75) is 45.4 Å². The van der Waals surface area contributed by atoms with Crippen molar-refractivity contribution in [3.8, 4) is 0 Å². The van der Waals surface area contributed by atoms with E-state index < -0.39 is 5.97 Å². The predicted molar refractivity (Wildman–Crippen MR) is 74.8 cm³/mol. The molecule has 1 N–H and O–H groups in total. The molecule has 18 heavy (non-hydrogen) atoms. The fourth-order valence-electron chi connectivity index (χ4n) is 1.73. The Balaban J connectivity index is 2.42. The Bertz CT molecular complexity index is 375. The van der Waals surface area contributed by atoms with Gasteiger partial charge in [0.2, 0.25) is 0 Å². The molecule has 0 amide bonds. The van der Waals surface area contributed by atoms with E-state index >= 15 is 0 Å². The summed E-state index contributed by atoms with van der Waals surface area (Å²) in [6, 6.07) is 2.50. The van der Waals surface area contributed by atoms with Gasteiger partial charge in [-0.1, -0.05) is 20.8 Å². The van der Waals surface area contributed by atoms with E-state index in [1.54, 1.807) is 18.7 Å². The highest BCUT2D eigenvalue weighted by atomic mass is 32.2. The third kappa shape index (κ3) is 4.37. The summed E-state index contributed by atoms with van der Waals surface area (Å²) in [5, 5.41) is 13.3. The van der Waals surface area contributed by atoms with E-state index in [4.69, 9.17) is 5.11 Å². The van der Waals surface area contributed by atoms with Crippen LogP contribution in [0.5, 0.6) is 0 Å². The molecular formula is C13H22N2O2S. The van der Waals surface area contributed by atoms with Gasteiger partial charge in [-0.3, -0.25) is 9.48 Å². The monoisotopic (exact) mass is 270 g/mol. The molecule has 0 aliphatic rings. The van der Waals surface area contributed by atoms with Crippen molar-refractivity contribution in [1.82, 2.24) is 9.78 Å². The number of carboxylic acid groups (broad SMARTS) is 1. The highest BCUT2D eigenvalue weighted by Gasteiger charge is 2.12. The lowest BCUT2D eigenvalue weighted by Crippen LogP contribution is -2.12. The predicted octanol–water partition coefficient (Wildman–Crippen LogP) is 3.20. The van der Waals surface area contributed by atoms with Crippen LogP contribution in [0.3, 0.4) is 0 Å². The number of thioether (sulfide) groups is 1. The molecule has 0 radical (unpaired) electrons. The number of aliphatic carboxylic acids is 1. The lowest BCUT2D eigenvalue weighted by atomic mass is 10.2. The zero-order valence-corrected chi connectivity index (χ0v) is 12.1. The quantitative estimate of drug-likeness (QED) is 0.788. The lowest BCUT2D eigenvalue weighted by molar-refractivity contribution is -0.140. The number of hydrogen-bond donors (Lipinski definition) is 1. The molecule has 0 bridgehead atoms. The van der Waals surface area contributed by atoms with Gasteiger partial charge in [0.25, 0.3) is 0 Å². The summed E-state index contributed by atoms with van der Waals surface area (Å²) in [6.07, 6.45) is 4.19. The number of rotatable bonds is 8. The summed E-state index contributed by atoms with van der Waals surface area (Å²) >= 11 is 1.63. The number of carboxylic acids is 1. The molecule has 4 nitrogen and oxygen atoms in total. The molecule has 1 aromatic rings. The summed E-state index contributed by atoms with van der Waals surface area (Å²) in [6.45, 7) is 6.07. The van der Waals surface area contributed by atoms with Gasteiger partial charge in [0, 0.05) is 17.7 Å². The Morgan fingerprint density at radius 1 is 1.50 bits per heavy atom. The topological polar surface area (TPSA) is 55.1 Å². The van der Waals surface area contributed by atoms with E-state index in [0.717, 1.165) is 24.3 Å². The van der Waals surface area contributed by atoms with Crippen LogP contribution in [0.25, 0.3) is 0 Å². The number of nitrogens with zero attached hydrogens (tertiary/aromatic N) is 2. The summed E-state index contributed by atoms with van der Waals surface area (Å²) in [7, 11) is 0. The van der Waals surface area contributed by atoms with Crippen molar-refractivity contribution < 1.29 is 9.90 Å². The van der Waals surface area contributed by atoms with Gasteiger partial charge in [-0.25, -0.2) is 0 Å². The van der Waals surface area contributed by atoms with E-state index in [9.17, 15) is 4.79 Å². The second kappa shape index (κ2) is 7.46. The van der Waals surface area contributed by atoms with Gasteiger partial charge in [0.05, 0.1) is 17.7 Å². The standard InChI is InChI=1S/C13H22N2O2S/c1-4-12(5-2)15-7-6-11(14-15)9-18-8-10(3)13(16)17/h6-7,10,12H,4-5,8-9H2,1-3H3,(H,16,17). The Kier molecular flexibility index (Phi) is 6.25. The average Bonchev–Trinajstić information content (AvgIpc) is 2.79. The Labute approximate surface area is 113 Å². The van der Waals surface area contributed by atoms with Crippen LogP contribution >= 0.6 is 11.8 Å². The van der Waals surface area contributed by atoms with E-state index in [2.05, 4.69) is 18.9 Å². The van der Waals surface area contributed by atoms with Crippen molar-refractivity contribution in [3.05, 3.63) is 18.0 Å². The molecule has 1 unspecified atom stereocenters. The van der Waals surface area contributed by atoms with E-state index in [-0.39, 0.29) is 5.92 Å². The van der Waals surface area contributed by atoms with Gasteiger partial charge in [0.15, 0.2) is 0 Å². The molecule has 1 aromatic heterocycles. The first-order valence-corrected chi connectivity index (χ1v) is 7.58. The van der Waals surface area contributed by atoms with E-state index in [1.807, 2.05) is 16.9 Å². The van der Waals surface area contributed by atoms with Crippen LogP contribution in [-0.2, 0) is 10.5 Å². The van der Waals surface area contributed by atoms with Crippen molar-refractivity contribution in [2.75, 3.05) is 5.75 Å². The Morgan fingerprint density at radius 3 is 2.72 bits per heavy atom.